The van der Waals surface area contributed by atoms with E-state index in [4.69, 9.17) is 16.3 Å². The van der Waals surface area contributed by atoms with Crippen LogP contribution < -0.4 is 0 Å². The number of imide groups is 1. The molecule has 0 radical (unpaired) electrons. The molecule has 1 aromatic carbocycles. The number of rotatable bonds is 5. The second-order valence-electron chi connectivity index (χ2n) is 9.47. The first-order valence-corrected chi connectivity index (χ1v) is 11.6. The summed E-state index contributed by atoms with van der Waals surface area (Å²) in [6.07, 6.45) is 5.57. The van der Waals surface area contributed by atoms with Crippen LogP contribution in [0.3, 0.4) is 0 Å². The summed E-state index contributed by atoms with van der Waals surface area (Å²) in [5.74, 6) is -0.285. The number of benzene rings is 1. The summed E-state index contributed by atoms with van der Waals surface area (Å²) < 4.78 is 5.26. The molecule has 3 aliphatic carbocycles. The van der Waals surface area contributed by atoms with E-state index in [1.165, 1.54) is 0 Å². The van der Waals surface area contributed by atoms with Crippen molar-refractivity contribution in [1.29, 1.82) is 0 Å². The fourth-order valence-electron chi connectivity index (χ4n) is 6.34. The molecule has 0 unspecified atom stereocenters. The van der Waals surface area contributed by atoms with Gasteiger partial charge in [-0.15, -0.1) is 0 Å². The second-order valence-corrected chi connectivity index (χ2v) is 9.91. The molecule has 0 spiro atoms. The van der Waals surface area contributed by atoms with Gasteiger partial charge in [-0.2, -0.15) is 0 Å². The van der Waals surface area contributed by atoms with Crippen molar-refractivity contribution in [2.75, 3.05) is 6.61 Å². The first kappa shape index (κ1) is 20.7. The van der Waals surface area contributed by atoms with Gasteiger partial charge in [-0.25, -0.2) is 0 Å². The predicted octanol–water partition coefficient (Wildman–Crippen LogP) is 3.66. The Morgan fingerprint density at radius 1 is 0.903 bits per heavy atom. The van der Waals surface area contributed by atoms with Gasteiger partial charge in [0.05, 0.1) is 17.8 Å². The molecule has 1 saturated heterocycles. The average Bonchev–Trinajstić information content (AvgIpc) is 3.46. The number of carbonyl (C=O) groups excluding carboxylic acids is 4. The summed E-state index contributed by atoms with van der Waals surface area (Å²) in [7, 11) is 0. The van der Waals surface area contributed by atoms with Gasteiger partial charge in [-0.3, -0.25) is 24.1 Å². The van der Waals surface area contributed by atoms with Crippen LogP contribution in [0.5, 0.6) is 0 Å². The lowest BCUT2D eigenvalue weighted by molar-refractivity contribution is -0.149. The fourth-order valence-corrected chi connectivity index (χ4v) is 6.46. The van der Waals surface area contributed by atoms with E-state index < -0.39 is 0 Å². The van der Waals surface area contributed by atoms with Gasteiger partial charge < -0.3 is 4.74 Å². The smallest absolute Gasteiger partial charge is 0.309 e. The summed E-state index contributed by atoms with van der Waals surface area (Å²) in [5, 5.41) is 0.538. The predicted molar refractivity (Wildman–Crippen MR) is 112 cm³/mol. The highest BCUT2D eigenvalue weighted by Crippen LogP contribution is 2.56. The van der Waals surface area contributed by atoms with E-state index in [2.05, 4.69) is 0 Å². The average molecular weight is 444 g/mol. The molecule has 3 saturated carbocycles. The normalized spacial score (nSPS) is 34.2. The molecule has 5 rings (SSSR count). The molecule has 164 valence electrons. The lowest BCUT2D eigenvalue weighted by atomic mass is 9.81. The zero-order valence-electron chi connectivity index (χ0n) is 17.3. The van der Waals surface area contributed by atoms with Gasteiger partial charge in [-0.05, 0) is 81.0 Å². The van der Waals surface area contributed by atoms with Crippen molar-refractivity contribution < 1.29 is 23.9 Å². The van der Waals surface area contributed by atoms with E-state index in [9.17, 15) is 19.2 Å². The Morgan fingerprint density at radius 3 is 2.06 bits per heavy atom. The standard InChI is InChI=1S/C24H26ClNO5/c25-17-7-3-13(4-8-17)19(27)12-31-24(30)14-5-9-18(10-6-14)26-22(28)20-15-1-2-16(11-15)21(20)23(26)29/h3-4,7-8,14-16,18,20-21H,1-2,5-6,9-12H2/t14?,15-,16+,18?,20-,21+. The van der Waals surface area contributed by atoms with Gasteiger partial charge in [0.2, 0.25) is 11.8 Å². The largest absolute Gasteiger partial charge is 0.457 e. The van der Waals surface area contributed by atoms with Crippen LogP contribution in [-0.4, -0.2) is 41.1 Å². The molecule has 1 aromatic rings. The van der Waals surface area contributed by atoms with E-state index in [0.717, 1.165) is 19.3 Å². The van der Waals surface area contributed by atoms with Crippen LogP contribution in [0.25, 0.3) is 0 Å². The topological polar surface area (TPSA) is 80.8 Å². The first-order chi connectivity index (χ1) is 14.9. The van der Waals surface area contributed by atoms with E-state index in [-0.39, 0.29) is 54.0 Å². The van der Waals surface area contributed by atoms with Crippen LogP contribution in [0.15, 0.2) is 24.3 Å². The highest BCUT2D eigenvalue weighted by Gasteiger charge is 2.61. The Kier molecular flexibility index (Phi) is 5.37. The van der Waals surface area contributed by atoms with Crippen LogP contribution >= 0.6 is 11.6 Å². The third-order valence-corrected chi connectivity index (χ3v) is 8.12. The molecule has 4 aliphatic rings. The molecule has 6 nitrogen and oxygen atoms in total. The Bertz CT molecular complexity index is 892. The van der Waals surface area contributed by atoms with Crippen LogP contribution in [0.1, 0.15) is 55.3 Å². The minimum absolute atomic E-state index is 0.0294. The molecule has 2 amide bonds. The van der Waals surface area contributed by atoms with Crippen LogP contribution in [-0.2, 0) is 19.1 Å². The van der Waals surface area contributed by atoms with Gasteiger partial charge in [-0.1, -0.05) is 11.6 Å². The monoisotopic (exact) mass is 443 g/mol. The summed E-state index contributed by atoms with van der Waals surface area (Å²) >= 11 is 5.82. The van der Waals surface area contributed by atoms with Crippen molar-refractivity contribution in [3.05, 3.63) is 34.9 Å². The van der Waals surface area contributed by atoms with Crippen LogP contribution in [0.2, 0.25) is 5.02 Å². The number of Topliss-reactive ketones (excluding diaryl/α,β-unsaturated/α-hetero) is 1. The van der Waals surface area contributed by atoms with Crippen molar-refractivity contribution in [3.8, 4) is 0 Å². The molecule has 0 aromatic heterocycles. The zero-order valence-corrected chi connectivity index (χ0v) is 18.1. The molecular formula is C24H26ClNO5. The van der Waals surface area contributed by atoms with Gasteiger partial charge >= 0.3 is 5.97 Å². The first-order valence-electron chi connectivity index (χ1n) is 11.3. The number of likely N-dealkylation sites (tertiary alicyclic amines) is 1. The zero-order chi connectivity index (χ0) is 21.7. The van der Waals surface area contributed by atoms with Crippen LogP contribution in [0, 0.1) is 29.6 Å². The molecule has 0 N–H and O–H groups in total. The Labute approximate surface area is 186 Å². The van der Waals surface area contributed by atoms with Gasteiger partial charge in [0.15, 0.2) is 12.4 Å². The van der Waals surface area contributed by atoms with E-state index >= 15 is 0 Å². The van der Waals surface area contributed by atoms with Gasteiger partial charge in [0, 0.05) is 16.6 Å². The maximum Gasteiger partial charge on any atom is 0.309 e. The molecule has 2 bridgehead atoms. The number of amides is 2. The third-order valence-electron chi connectivity index (χ3n) is 7.87. The molecule has 4 atom stereocenters. The number of hydrogen-bond donors (Lipinski definition) is 0. The summed E-state index contributed by atoms with van der Waals surface area (Å²) in [6, 6.07) is 6.35. The maximum atomic E-state index is 13.0. The highest BCUT2D eigenvalue weighted by atomic mass is 35.5. The molecule has 4 fully saturated rings. The fraction of sp³-hybridized carbons (Fsp3) is 0.583. The number of carbonyl (C=O) groups is 4. The maximum absolute atomic E-state index is 13.0. The number of nitrogens with zero attached hydrogens (tertiary/aromatic N) is 1. The Morgan fingerprint density at radius 2 is 1.48 bits per heavy atom. The number of esters is 1. The van der Waals surface area contributed by atoms with Crippen molar-refractivity contribution in [1.82, 2.24) is 4.90 Å². The molecule has 1 aliphatic heterocycles. The number of ketones is 1. The van der Waals surface area contributed by atoms with Crippen molar-refractivity contribution in [3.63, 3.8) is 0 Å². The highest BCUT2D eigenvalue weighted by molar-refractivity contribution is 6.30. The SMILES string of the molecule is O=C(COC(=O)C1CCC(N2C(=O)[C@@H]3[C@@H]4CC[C@@H](C4)[C@@H]3C2=O)CC1)c1ccc(Cl)cc1. The van der Waals surface area contributed by atoms with Crippen LogP contribution in [0.4, 0.5) is 0 Å². The van der Waals surface area contributed by atoms with Crippen molar-refractivity contribution in [2.24, 2.45) is 29.6 Å². The second kappa shape index (κ2) is 8.05. The number of halogens is 1. The summed E-state index contributed by atoms with van der Waals surface area (Å²) in [4.78, 5) is 52.2. The molecular weight excluding hydrogens is 418 g/mol. The Balaban J connectivity index is 1.13. The van der Waals surface area contributed by atoms with Crippen molar-refractivity contribution in [2.45, 2.75) is 51.0 Å². The lowest BCUT2D eigenvalue weighted by Crippen LogP contribution is -2.44. The van der Waals surface area contributed by atoms with Gasteiger partial charge in [0.1, 0.15) is 0 Å². The molecule has 31 heavy (non-hydrogen) atoms. The van der Waals surface area contributed by atoms with E-state index in [1.807, 2.05) is 0 Å². The van der Waals surface area contributed by atoms with Crippen molar-refractivity contribution >= 4 is 35.2 Å². The minimum atomic E-state index is -0.380. The van der Waals surface area contributed by atoms with E-state index in [0.29, 0.717) is 48.1 Å². The lowest BCUT2D eigenvalue weighted by Gasteiger charge is -2.33. The summed E-state index contributed by atoms with van der Waals surface area (Å²) in [6.45, 7) is -0.296. The third kappa shape index (κ3) is 3.59. The number of hydrogen-bond acceptors (Lipinski definition) is 5. The quantitative estimate of drug-likeness (QED) is 0.394. The minimum Gasteiger partial charge on any atom is -0.457 e. The molecule has 1 heterocycles. The summed E-state index contributed by atoms with van der Waals surface area (Å²) in [5.41, 5.74) is 0.450. The molecule has 7 heteroatoms. The van der Waals surface area contributed by atoms with Gasteiger partial charge in [0.25, 0.3) is 0 Å². The number of fused-ring (bicyclic) bond motifs is 5. The Hall–Kier alpha value is -2.21. The van der Waals surface area contributed by atoms with E-state index in [1.54, 1.807) is 29.2 Å². The number of ether oxygens (including phenoxy) is 1.